The number of carbonyl (C=O) groups is 2. The summed E-state index contributed by atoms with van der Waals surface area (Å²) in [5.41, 5.74) is 1.46. The molecule has 0 atom stereocenters. The van der Waals surface area contributed by atoms with Gasteiger partial charge in [0.25, 0.3) is 5.91 Å². The molecule has 0 unspecified atom stereocenters. The van der Waals surface area contributed by atoms with Crippen LogP contribution in [-0.2, 0) is 4.74 Å². The van der Waals surface area contributed by atoms with Gasteiger partial charge in [0.15, 0.2) is 0 Å². The van der Waals surface area contributed by atoms with Crippen molar-refractivity contribution in [2.45, 2.75) is 6.92 Å². The highest BCUT2D eigenvalue weighted by Crippen LogP contribution is 2.14. The van der Waals surface area contributed by atoms with E-state index in [1.807, 2.05) is 30.5 Å². The summed E-state index contributed by atoms with van der Waals surface area (Å²) in [6.07, 6.45) is 3.22. The Balaban J connectivity index is 1.66. The van der Waals surface area contributed by atoms with E-state index in [0.717, 1.165) is 5.69 Å². The lowest BCUT2D eigenvalue weighted by Gasteiger charge is -2.34. The van der Waals surface area contributed by atoms with Crippen LogP contribution in [0, 0.1) is 0 Å². The van der Waals surface area contributed by atoms with Gasteiger partial charge >= 0.3 is 6.09 Å². The molecule has 1 aliphatic heterocycles. The van der Waals surface area contributed by atoms with Crippen LogP contribution in [0.15, 0.2) is 42.7 Å². The van der Waals surface area contributed by atoms with Crippen LogP contribution < -0.4 is 0 Å². The molecule has 1 fully saturated rings. The molecule has 0 aliphatic carbocycles. The predicted molar refractivity (Wildman–Crippen MR) is 88.1 cm³/mol. The van der Waals surface area contributed by atoms with Crippen LogP contribution in [0.25, 0.3) is 5.69 Å². The van der Waals surface area contributed by atoms with Crippen LogP contribution in [-0.4, -0.2) is 64.4 Å². The van der Waals surface area contributed by atoms with E-state index in [4.69, 9.17) is 4.74 Å². The second kappa shape index (κ2) is 7.16. The first-order chi connectivity index (χ1) is 11.7. The van der Waals surface area contributed by atoms with Crippen molar-refractivity contribution in [1.82, 2.24) is 19.6 Å². The van der Waals surface area contributed by atoms with Crippen LogP contribution >= 0.6 is 0 Å². The number of amides is 2. The van der Waals surface area contributed by atoms with Gasteiger partial charge in [-0.2, -0.15) is 5.10 Å². The number of hydrogen-bond acceptors (Lipinski definition) is 4. The molecule has 2 aromatic rings. The van der Waals surface area contributed by atoms with E-state index in [-0.39, 0.29) is 12.0 Å². The topological polar surface area (TPSA) is 67.7 Å². The van der Waals surface area contributed by atoms with Crippen LogP contribution in [0.5, 0.6) is 0 Å². The SMILES string of the molecule is CCOC(=O)N1CCN(C(=O)c2cccc(-n3cccn3)c2)CC1. The molecule has 7 nitrogen and oxygen atoms in total. The van der Waals surface area contributed by atoms with E-state index in [0.29, 0.717) is 38.3 Å². The van der Waals surface area contributed by atoms with Gasteiger partial charge < -0.3 is 14.5 Å². The molecule has 0 radical (unpaired) electrons. The first kappa shape index (κ1) is 16.0. The van der Waals surface area contributed by atoms with Gasteiger partial charge in [0.1, 0.15) is 0 Å². The van der Waals surface area contributed by atoms with Crippen molar-refractivity contribution in [3.05, 3.63) is 48.3 Å². The van der Waals surface area contributed by atoms with Crippen molar-refractivity contribution in [3.8, 4) is 5.69 Å². The van der Waals surface area contributed by atoms with Crippen molar-refractivity contribution < 1.29 is 14.3 Å². The average Bonchev–Trinajstić information content (AvgIpc) is 3.16. The van der Waals surface area contributed by atoms with E-state index < -0.39 is 0 Å². The van der Waals surface area contributed by atoms with Crippen molar-refractivity contribution in [2.75, 3.05) is 32.8 Å². The minimum Gasteiger partial charge on any atom is -0.450 e. The molecule has 1 aromatic carbocycles. The number of hydrogen-bond donors (Lipinski definition) is 0. The molecule has 1 saturated heterocycles. The highest BCUT2D eigenvalue weighted by atomic mass is 16.6. The molecule has 0 bridgehead atoms. The second-order valence-electron chi connectivity index (χ2n) is 5.48. The van der Waals surface area contributed by atoms with E-state index in [1.54, 1.807) is 33.7 Å². The number of piperazine rings is 1. The van der Waals surface area contributed by atoms with Crippen molar-refractivity contribution in [1.29, 1.82) is 0 Å². The Bertz CT molecular complexity index is 706. The monoisotopic (exact) mass is 328 g/mol. The maximum Gasteiger partial charge on any atom is 0.409 e. The summed E-state index contributed by atoms with van der Waals surface area (Å²) in [5, 5.41) is 4.18. The molecule has 24 heavy (non-hydrogen) atoms. The summed E-state index contributed by atoms with van der Waals surface area (Å²) in [5.74, 6) is -0.0347. The molecule has 3 rings (SSSR count). The number of benzene rings is 1. The Labute approximate surface area is 140 Å². The zero-order valence-corrected chi connectivity index (χ0v) is 13.6. The van der Waals surface area contributed by atoms with Crippen LogP contribution in [0.4, 0.5) is 4.79 Å². The Morgan fingerprint density at radius 1 is 1.12 bits per heavy atom. The zero-order chi connectivity index (χ0) is 16.9. The minimum atomic E-state index is -0.315. The smallest absolute Gasteiger partial charge is 0.409 e. The average molecular weight is 328 g/mol. The third-order valence-corrected chi connectivity index (χ3v) is 3.95. The van der Waals surface area contributed by atoms with Crippen molar-refractivity contribution in [3.63, 3.8) is 0 Å². The van der Waals surface area contributed by atoms with Gasteiger partial charge in [-0.15, -0.1) is 0 Å². The third-order valence-electron chi connectivity index (χ3n) is 3.95. The third kappa shape index (κ3) is 3.40. The summed E-state index contributed by atoms with van der Waals surface area (Å²) in [7, 11) is 0. The van der Waals surface area contributed by atoms with Crippen LogP contribution in [0.3, 0.4) is 0 Å². The fraction of sp³-hybridized carbons (Fsp3) is 0.353. The van der Waals surface area contributed by atoms with Gasteiger partial charge in [0.2, 0.25) is 0 Å². The highest BCUT2D eigenvalue weighted by Gasteiger charge is 2.25. The summed E-state index contributed by atoms with van der Waals surface area (Å²) in [6.45, 7) is 4.13. The largest absolute Gasteiger partial charge is 0.450 e. The molecule has 0 N–H and O–H groups in total. The summed E-state index contributed by atoms with van der Waals surface area (Å²) >= 11 is 0. The van der Waals surface area contributed by atoms with E-state index in [1.165, 1.54) is 0 Å². The maximum absolute atomic E-state index is 12.7. The minimum absolute atomic E-state index is 0.0347. The van der Waals surface area contributed by atoms with Crippen LogP contribution in [0.2, 0.25) is 0 Å². The normalized spacial score (nSPS) is 14.5. The molecule has 2 heterocycles. The molecule has 7 heteroatoms. The van der Waals surface area contributed by atoms with E-state index >= 15 is 0 Å². The lowest BCUT2D eigenvalue weighted by Crippen LogP contribution is -2.50. The fourth-order valence-electron chi connectivity index (χ4n) is 2.69. The molecule has 2 amide bonds. The number of aromatic nitrogens is 2. The second-order valence-corrected chi connectivity index (χ2v) is 5.48. The summed E-state index contributed by atoms with van der Waals surface area (Å²) in [4.78, 5) is 27.8. The van der Waals surface area contributed by atoms with Gasteiger partial charge in [0.05, 0.1) is 12.3 Å². The molecule has 126 valence electrons. The number of rotatable bonds is 3. The van der Waals surface area contributed by atoms with E-state index in [2.05, 4.69) is 5.10 Å². The fourth-order valence-corrected chi connectivity index (χ4v) is 2.69. The Kier molecular flexibility index (Phi) is 4.79. The van der Waals surface area contributed by atoms with Gasteiger partial charge in [-0.3, -0.25) is 4.79 Å². The van der Waals surface area contributed by atoms with Gasteiger partial charge in [-0.1, -0.05) is 6.07 Å². The van der Waals surface area contributed by atoms with Gasteiger partial charge in [-0.05, 0) is 31.2 Å². The number of carbonyl (C=O) groups excluding carboxylic acids is 2. The molecular formula is C17H20N4O3. The molecular weight excluding hydrogens is 308 g/mol. The van der Waals surface area contributed by atoms with Gasteiger partial charge in [-0.25, -0.2) is 9.48 Å². The Morgan fingerprint density at radius 2 is 1.88 bits per heavy atom. The summed E-state index contributed by atoms with van der Waals surface area (Å²) < 4.78 is 6.71. The van der Waals surface area contributed by atoms with Crippen molar-refractivity contribution >= 4 is 12.0 Å². The Hall–Kier alpha value is -2.83. The quantitative estimate of drug-likeness (QED) is 0.861. The first-order valence-corrected chi connectivity index (χ1v) is 8.00. The number of nitrogens with zero attached hydrogens (tertiary/aromatic N) is 4. The first-order valence-electron chi connectivity index (χ1n) is 8.00. The predicted octanol–water partition coefficient (Wildman–Crippen LogP) is 1.79. The standard InChI is InChI=1S/C17H20N4O3/c1-2-24-17(23)20-11-9-19(10-12-20)16(22)14-5-3-6-15(13-14)21-8-4-7-18-21/h3-8,13H,2,9-12H2,1H3. The van der Waals surface area contributed by atoms with Gasteiger partial charge in [0, 0.05) is 44.1 Å². The molecule has 1 aliphatic rings. The Morgan fingerprint density at radius 3 is 2.54 bits per heavy atom. The molecule has 0 saturated carbocycles. The zero-order valence-electron chi connectivity index (χ0n) is 13.6. The lowest BCUT2D eigenvalue weighted by atomic mass is 10.1. The van der Waals surface area contributed by atoms with Crippen molar-refractivity contribution in [2.24, 2.45) is 0 Å². The maximum atomic E-state index is 12.7. The highest BCUT2D eigenvalue weighted by molar-refractivity contribution is 5.95. The van der Waals surface area contributed by atoms with Crippen LogP contribution in [0.1, 0.15) is 17.3 Å². The lowest BCUT2D eigenvalue weighted by molar-refractivity contribution is 0.0570. The molecule has 1 aromatic heterocycles. The summed E-state index contributed by atoms with van der Waals surface area (Å²) in [6, 6.07) is 9.21. The number of ether oxygens (including phenoxy) is 1. The van der Waals surface area contributed by atoms with E-state index in [9.17, 15) is 9.59 Å². The molecule has 0 spiro atoms.